The van der Waals surface area contributed by atoms with Crippen LogP contribution in [0.4, 0.5) is 5.69 Å². The van der Waals surface area contributed by atoms with Crippen LogP contribution < -0.4 is 13.8 Å². The standard InChI is InChI=1S/C37H40N6O7S/c1-48-28-7-9-29(10-8-28)51(46,47)43-32-11-5-26(24-38)22-30(32)37(36(43)45,42-14-3-4-33(42)35-39-13-21-50-35)31-23-27(6-12-34(31)49-2)25-41-17-15-40(16-18-41)19-20-44/h5-13,21-23,33,44H,3-4,14-20,25H2,1-2H3. The number of β-amino-alcohol motifs (C(OH)–C–C–N with tert-alkyl or cyclic N) is 1. The Bertz CT molecular complexity index is 2040. The first kappa shape index (κ1) is 34.7. The van der Waals surface area contributed by atoms with Crippen molar-refractivity contribution in [3.05, 3.63) is 101 Å². The fourth-order valence-electron chi connectivity index (χ4n) is 7.76. The first-order valence-electron chi connectivity index (χ1n) is 16.9. The number of piperazine rings is 1. The molecule has 3 aliphatic rings. The van der Waals surface area contributed by atoms with Gasteiger partial charge in [-0.05, 0) is 73.0 Å². The third-order valence-electron chi connectivity index (χ3n) is 10.2. The molecule has 0 radical (unpaired) electrons. The minimum absolute atomic E-state index is 0.0884. The summed E-state index contributed by atoms with van der Waals surface area (Å²) in [6.45, 7) is 4.97. The van der Waals surface area contributed by atoms with Gasteiger partial charge in [0.05, 0.1) is 55.3 Å². The van der Waals surface area contributed by atoms with Crippen LogP contribution in [0.1, 0.15) is 47.0 Å². The van der Waals surface area contributed by atoms with Gasteiger partial charge in [0.2, 0.25) is 5.89 Å². The van der Waals surface area contributed by atoms with Crippen LogP contribution in [0.15, 0.2) is 82.4 Å². The Morgan fingerprint density at radius 3 is 2.41 bits per heavy atom. The predicted octanol–water partition coefficient (Wildman–Crippen LogP) is 3.49. The van der Waals surface area contributed by atoms with Crippen molar-refractivity contribution in [1.82, 2.24) is 19.7 Å². The van der Waals surface area contributed by atoms with E-state index in [1.165, 1.54) is 56.9 Å². The number of oxazole rings is 1. The minimum atomic E-state index is -4.48. The molecular weight excluding hydrogens is 673 g/mol. The number of anilines is 1. The number of fused-ring (bicyclic) bond motifs is 1. The van der Waals surface area contributed by atoms with Gasteiger partial charge >= 0.3 is 0 Å². The smallest absolute Gasteiger partial charge is 0.271 e. The average Bonchev–Trinajstić information content (AvgIpc) is 3.91. The molecule has 266 valence electrons. The van der Waals surface area contributed by atoms with Crippen molar-refractivity contribution in [3.63, 3.8) is 0 Å². The number of nitriles is 1. The van der Waals surface area contributed by atoms with Gasteiger partial charge in [-0.15, -0.1) is 0 Å². The van der Waals surface area contributed by atoms with Crippen molar-refractivity contribution >= 4 is 21.6 Å². The number of aliphatic hydroxyl groups excluding tert-OH is 1. The third-order valence-corrected chi connectivity index (χ3v) is 11.9. The van der Waals surface area contributed by atoms with Crippen molar-refractivity contribution in [2.75, 3.05) is 64.4 Å². The van der Waals surface area contributed by atoms with Crippen molar-refractivity contribution in [1.29, 1.82) is 5.26 Å². The van der Waals surface area contributed by atoms with Crippen molar-refractivity contribution in [2.24, 2.45) is 0 Å². The summed E-state index contributed by atoms with van der Waals surface area (Å²) in [5, 5.41) is 19.5. The largest absolute Gasteiger partial charge is 0.497 e. The van der Waals surface area contributed by atoms with E-state index in [2.05, 4.69) is 20.9 Å². The monoisotopic (exact) mass is 712 g/mol. The van der Waals surface area contributed by atoms with E-state index in [0.717, 1.165) is 36.0 Å². The van der Waals surface area contributed by atoms with Crippen LogP contribution in [0.3, 0.4) is 0 Å². The van der Waals surface area contributed by atoms with E-state index in [0.29, 0.717) is 61.0 Å². The molecule has 14 heteroatoms. The normalized spacial score (nSPS) is 21.5. The van der Waals surface area contributed by atoms with Crippen LogP contribution in [-0.4, -0.2) is 99.2 Å². The van der Waals surface area contributed by atoms with E-state index >= 15 is 4.79 Å². The first-order valence-corrected chi connectivity index (χ1v) is 18.4. The predicted molar refractivity (Wildman–Crippen MR) is 187 cm³/mol. The summed E-state index contributed by atoms with van der Waals surface area (Å²) in [7, 11) is -1.46. The molecule has 7 rings (SSSR count). The highest BCUT2D eigenvalue weighted by atomic mass is 32.2. The van der Waals surface area contributed by atoms with Crippen LogP contribution >= 0.6 is 0 Å². The summed E-state index contributed by atoms with van der Waals surface area (Å²) < 4.78 is 47.3. The molecule has 2 atom stereocenters. The fourth-order valence-corrected chi connectivity index (χ4v) is 9.22. The number of amides is 1. The summed E-state index contributed by atoms with van der Waals surface area (Å²) in [5.74, 6) is 0.562. The molecule has 51 heavy (non-hydrogen) atoms. The number of aliphatic hydroxyl groups is 1. The number of rotatable bonds is 11. The lowest BCUT2D eigenvalue weighted by Crippen LogP contribution is -2.54. The Balaban J connectivity index is 1.44. The zero-order chi connectivity index (χ0) is 35.8. The van der Waals surface area contributed by atoms with Gasteiger partial charge in [-0.2, -0.15) is 5.26 Å². The van der Waals surface area contributed by atoms with E-state index < -0.39 is 27.5 Å². The van der Waals surface area contributed by atoms with Gasteiger partial charge < -0.3 is 19.0 Å². The number of sulfonamides is 1. The van der Waals surface area contributed by atoms with Crippen molar-refractivity contribution < 1.29 is 32.2 Å². The van der Waals surface area contributed by atoms with Gasteiger partial charge in [-0.3, -0.25) is 19.5 Å². The van der Waals surface area contributed by atoms with E-state index in [9.17, 15) is 18.8 Å². The third kappa shape index (κ3) is 5.94. The topological polar surface area (TPSA) is 153 Å². The van der Waals surface area contributed by atoms with Crippen molar-refractivity contribution in [3.8, 4) is 17.6 Å². The Labute approximate surface area is 297 Å². The van der Waals surface area contributed by atoms with E-state index in [4.69, 9.17) is 13.9 Å². The number of carbonyl (C=O) groups excluding carboxylic acids is 1. The molecular formula is C37H40N6O7S. The maximum atomic E-state index is 15.7. The van der Waals surface area contributed by atoms with E-state index in [-0.39, 0.29) is 22.8 Å². The van der Waals surface area contributed by atoms with Crippen LogP contribution in [0, 0.1) is 11.3 Å². The van der Waals surface area contributed by atoms with E-state index in [1.807, 2.05) is 23.1 Å². The number of aromatic nitrogens is 1. The zero-order valence-electron chi connectivity index (χ0n) is 28.6. The molecule has 1 aromatic heterocycles. The van der Waals surface area contributed by atoms with Crippen LogP contribution in [-0.2, 0) is 26.9 Å². The first-order chi connectivity index (χ1) is 24.8. The number of hydrogen-bond acceptors (Lipinski definition) is 12. The van der Waals surface area contributed by atoms with Crippen LogP contribution in [0.25, 0.3) is 0 Å². The highest BCUT2D eigenvalue weighted by Crippen LogP contribution is 2.56. The molecule has 0 spiro atoms. The zero-order valence-corrected chi connectivity index (χ0v) is 29.4. The second-order valence-electron chi connectivity index (χ2n) is 12.9. The fraction of sp³-hybridized carbons (Fsp3) is 0.378. The minimum Gasteiger partial charge on any atom is -0.497 e. The Morgan fingerprint density at radius 1 is 0.980 bits per heavy atom. The Hall–Kier alpha value is -4.78. The summed E-state index contributed by atoms with van der Waals surface area (Å²) in [4.78, 5) is 26.5. The Kier molecular flexibility index (Phi) is 9.58. The molecule has 2 unspecified atom stereocenters. The highest BCUT2D eigenvalue weighted by Gasteiger charge is 2.63. The molecule has 2 fully saturated rings. The average molecular weight is 713 g/mol. The van der Waals surface area contributed by atoms with Gasteiger partial charge in [-0.25, -0.2) is 17.7 Å². The molecule has 2 saturated heterocycles. The number of methoxy groups -OCH3 is 2. The number of ether oxygens (including phenoxy) is 2. The molecule has 3 aliphatic heterocycles. The van der Waals surface area contributed by atoms with E-state index in [1.54, 1.807) is 12.3 Å². The lowest BCUT2D eigenvalue weighted by molar-refractivity contribution is -0.127. The van der Waals surface area contributed by atoms with Gasteiger partial charge in [0.1, 0.15) is 17.8 Å². The number of benzene rings is 3. The van der Waals surface area contributed by atoms with Crippen LogP contribution in [0.2, 0.25) is 0 Å². The maximum absolute atomic E-state index is 15.7. The van der Waals surface area contributed by atoms with Gasteiger partial charge in [0.15, 0.2) is 5.54 Å². The lowest BCUT2D eigenvalue weighted by atomic mass is 9.79. The SMILES string of the molecule is COc1ccc(S(=O)(=O)N2C(=O)C(c3cc(CN4CCN(CCO)CC4)ccc3OC)(N3CCCC3c3ncco3)c3cc(C#N)ccc32)cc1. The lowest BCUT2D eigenvalue weighted by Gasteiger charge is -2.41. The van der Waals surface area contributed by atoms with Gasteiger partial charge in [0.25, 0.3) is 15.9 Å². The molecule has 0 saturated carbocycles. The van der Waals surface area contributed by atoms with Crippen LogP contribution in [0.5, 0.6) is 11.5 Å². The molecule has 4 aromatic rings. The maximum Gasteiger partial charge on any atom is 0.271 e. The highest BCUT2D eigenvalue weighted by molar-refractivity contribution is 7.93. The molecule has 1 amide bonds. The quantitative estimate of drug-likeness (QED) is 0.242. The molecule has 4 heterocycles. The second-order valence-corrected chi connectivity index (χ2v) is 14.7. The molecule has 3 aromatic carbocycles. The summed E-state index contributed by atoms with van der Waals surface area (Å²) >= 11 is 0. The number of hydrogen-bond donors (Lipinski definition) is 1. The molecule has 1 N–H and O–H groups in total. The van der Waals surface area contributed by atoms with Crippen molar-refractivity contribution in [2.45, 2.75) is 35.9 Å². The number of carbonyl (C=O) groups is 1. The number of likely N-dealkylation sites (tertiary alicyclic amines) is 1. The second kappa shape index (κ2) is 14.1. The molecule has 0 aliphatic carbocycles. The molecule has 13 nitrogen and oxygen atoms in total. The summed E-state index contributed by atoms with van der Waals surface area (Å²) in [6.07, 6.45) is 4.33. The van der Waals surface area contributed by atoms with Gasteiger partial charge in [0, 0.05) is 56.9 Å². The number of nitrogens with zero attached hydrogens (tertiary/aromatic N) is 6. The Morgan fingerprint density at radius 2 is 1.75 bits per heavy atom. The summed E-state index contributed by atoms with van der Waals surface area (Å²) in [5.41, 5.74) is 0.412. The molecule has 0 bridgehead atoms. The van der Waals surface area contributed by atoms with Gasteiger partial charge in [-0.1, -0.05) is 6.07 Å². The summed E-state index contributed by atoms with van der Waals surface area (Å²) in [6, 6.07) is 18.0.